The largest absolute Gasteiger partial charge is 0.462 e. The fourth-order valence-electron chi connectivity index (χ4n) is 6.94. The minimum atomic E-state index is -0.775. The molecule has 0 aromatic carbocycles. The highest BCUT2D eigenvalue weighted by Gasteiger charge is 2.16. The molecule has 0 bridgehead atoms. The summed E-state index contributed by atoms with van der Waals surface area (Å²) in [6, 6.07) is 0. The van der Waals surface area contributed by atoms with Gasteiger partial charge in [0.2, 0.25) is 0 Å². The number of carbonyl (C=O) groups is 2. The number of ether oxygens (including phenoxy) is 2. The molecule has 5 heteroatoms. The molecular weight excluding hydrogens is 657 g/mol. The van der Waals surface area contributed by atoms with Gasteiger partial charge in [0.15, 0.2) is 6.10 Å². The van der Waals surface area contributed by atoms with Gasteiger partial charge in [-0.05, 0) is 44.9 Å². The van der Waals surface area contributed by atoms with E-state index < -0.39 is 6.10 Å². The van der Waals surface area contributed by atoms with Crippen molar-refractivity contribution < 1.29 is 24.2 Å². The summed E-state index contributed by atoms with van der Waals surface area (Å²) in [4.78, 5) is 24.4. The molecule has 1 unspecified atom stereocenters. The number of hydrogen-bond donors (Lipinski definition) is 1. The summed E-state index contributed by atoms with van der Waals surface area (Å²) in [7, 11) is 0. The van der Waals surface area contributed by atoms with Crippen molar-refractivity contribution in [3.8, 4) is 0 Å². The zero-order valence-electron chi connectivity index (χ0n) is 35.5. The first-order valence-electron chi connectivity index (χ1n) is 23.4. The summed E-state index contributed by atoms with van der Waals surface area (Å²) in [6.45, 7) is 4.14. The van der Waals surface area contributed by atoms with Crippen LogP contribution < -0.4 is 0 Å². The molecule has 0 aromatic heterocycles. The van der Waals surface area contributed by atoms with Crippen LogP contribution in [0.15, 0.2) is 24.3 Å². The SMILES string of the molecule is CCCCCC/C=C\C/C=C\CCCCCCCC(=O)OC(CO)COC(=O)CCCCCCCCCCCCCCCCCCCCCCCCC. The molecule has 0 radical (unpaired) electrons. The number of hydrogen-bond acceptors (Lipinski definition) is 5. The standard InChI is InChI=1S/C48H90O5/c1-3-5-7-9-11-13-15-17-19-21-22-23-24-25-26-27-29-30-32-34-36-38-40-42-47(50)52-45-46(44-49)53-48(51)43-41-39-37-35-33-31-28-20-18-16-14-12-10-8-6-4-2/h14,16,20,28,46,49H,3-13,15,17-19,21-27,29-45H2,1-2H3/b16-14-,28-20-. The van der Waals surface area contributed by atoms with Gasteiger partial charge in [0.25, 0.3) is 0 Å². The van der Waals surface area contributed by atoms with Gasteiger partial charge in [-0.15, -0.1) is 0 Å². The number of aliphatic hydroxyl groups excluding tert-OH is 1. The maximum atomic E-state index is 12.2. The van der Waals surface area contributed by atoms with E-state index in [0.717, 1.165) is 51.4 Å². The molecule has 0 saturated carbocycles. The van der Waals surface area contributed by atoms with Crippen molar-refractivity contribution in [2.75, 3.05) is 13.2 Å². The van der Waals surface area contributed by atoms with Gasteiger partial charge >= 0.3 is 11.9 Å². The van der Waals surface area contributed by atoms with Crippen LogP contribution in [0.3, 0.4) is 0 Å². The molecule has 0 fully saturated rings. The smallest absolute Gasteiger partial charge is 0.306 e. The lowest BCUT2D eigenvalue weighted by Gasteiger charge is -2.15. The van der Waals surface area contributed by atoms with Crippen LogP contribution in [0.25, 0.3) is 0 Å². The highest BCUT2D eigenvalue weighted by molar-refractivity contribution is 5.70. The summed E-state index contributed by atoms with van der Waals surface area (Å²) in [5, 5.41) is 9.59. The summed E-state index contributed by atoms with van der Waals surface area (Å²) < 4.78 is 10.6. The Balaban J connectivity index is 3.47. The van der Waals surface area contributed by atoms with Gasteiger partial charge in [0.1, 0.15) is 6.61 Å². The molecule has 0 aliphatic rings. The topological polar surface area (TPSA) is 72.8 Å². The molecule has 53 heavy (non-hydrogen) atoms. The summed E-state index contributed by atoms with van der Waals surface area (Å²) in [5.41, 5.74) is 0. The molecule has 0 rings (SSSR count). The predicted molar refractivity (Wildman–Crippen MR) is 228 cm³/mol. The Bertz CT molecular complexity index is 806. The minimum Gasteiger partial charge on any atom is -0.462 e. The Hall–Kier alpha value is -1.62. The molecular formula is C48H90O5. The zero-order valence-corrected chi connectivity index (χ0v) is 35.5. The van der Waals surface area contributed by atoms with Gasteiger partial charge in [-0.25, -0.2) is 0 Å². The molecule has 0 aliphatic carbocycles. The van der Waals surface area contributed by atoms with Crippen LogP contribution in [0.1, 0.15) is 251 Å². The van der Waals surface area contributed by atoms with Crippen LogP contribution in [0, 0.1) is 0 Å². The number of aliphatic hydroxyl groups is 1. The van der Waals surface area contributed by atoms with E-state index in [-0.39, 0.29) is 25.2 Å². The summed E-state index contributed by atoms with van der Waals surface area (Å²) in [6.07, 6.45) is 54.0. The van der Waals surface area contributed by atoms with Crippen molar-refractivity contribution in [2.24, 2.45) is 0 Å². The third-order valence-electron chi connectivity index (χ3n) is 10.5. The number of allylic oxidation sites excluding steroid dienone is 4. The van der Waals surface area contributed by atoms with Gasteiger partial charge in [-0.3, -0.25) is 9.59 Å². The van der Waals surface area contributed by atoms with Crippen molar-refractivity contribution >= 4 is 11.9 Å². The van der Waals surface area contributed by atoms with E-state index >= 15 is 0 Å². The van der Waals surface area contributed by atoms with Crippen molar-refractivity contribution in [1.29, 1.82) is 0 Å². The molecule has 0 heterocycles. The Labute approximate surface area is 330 Å². The van der Waals surface area contributed by atoms with Crippen LogP contribution in [0.2, 0.25) is 0 Å². The first-order chi connectivity index (χ1) is 26.1. The molecule has 5 nitrogen and oxygen atoms in total. The average molecular weight is 747 g/mol. The van der Waals surface area contributed by atoms with E-state index in [1.165, 1.54) is 173 Å². The molecule has 0 amide bonds. The lowest BCUT2D eigenvalue weighted by atomic mass is 10.0. The summed E-state index contributed by atoms with van der Waals surface area (Å²) >= 11 is 0. The molecule has 0 spiro atoms. The van der Waals surface area contributed by atoms with Crippen molar-refractivity contribution in [3.63, 3.8) is 0 Å². The predicted octanol–water partition coefficient (Wildman–Crippen LogP) is 15.0. The Morgan fingerprint density at radius 3 is 1.13 bits per heavy atom. The first-order valence-corrected chi connectivity index (χ1v) is 23.4. The number of unbranched alkanes of at least 4 members (excludes halogenated alkanes) is 31. The third-order valence-corrected chi connectivity index (χ3v) is 10.5. The van der Waals surface area contributed by atoms with Gasteiger partial charge < -0.3 is 14.6 Å². The molecule has 1 atom stereocenters. The fraction of sp³-hybridized carbons (Fsp3) is 0.875. The van der Waals surface area contributed by atoms with E-state index in [1.54, 1.807) is 0 Å². The Kier molecular flexibility index (Phi) is 43.4. The van der Waals surface area contributed by atoms with Gasteiger partial charge in [0.05, 0.1) is 6.61 Å². The van der Waals surface area contributed by atoms with E-state index in [1.807, 2.05) is 0 Å². The second-order valence-corrected chi connectivity index (χ2v) is 15.8. The molecule has 0 saturated heterocycles. The van der Waals surface area contributed by atoms with E-state index in [9.17, 15) is 14.7 Å². The van der Waals surface area contributed by atoms with Crippen LogP contribution in [-0.2, 0) is 19.1 Å². The average Bonchev–Trinajstić information content (AvgIpc) is 3.16. The molecule has 1 N–H and O–H groups in total. The molecule has 0 aromatic rings. The van der Waals surface area contributed by atoms with Crippen LogP contribution in [0.4, 0.5) is 0 Å². The second kappa shape index (κ2) is 44.8. The second-order valence-electron chi connectivity index (χ2n) is 15.8. The van der Waals surface area contributed by atoms with Crippen LogP contribution >= 0.6 is 0 Å². The fourth-order valence-corrected chi connectivity index (χ4v) is 6.94. The third kappa shape index (κ3) is 43.0. The van der Waals surface area contributed by atoms with Crippen molar-refractivity contribution in [2.45, 2.75) is 258 Å². The van der Waals surface area contributed by atoms with E-state index in [2.05, 4.69) is 38.2 Å². The highest BCUT2D eigenvalue weighted by Crippen LogP contribution is 2.16. The number of carbonyl (C=O) groups excluding carboxylic acids is 2. The zero-order chi connectivity index (χ0) is 38.6. The van der Waals surface area contributed by atoms with E-state index in [0.29, 0.717) is 12.8 Å². The maximum absolute atomic E-state index is 12.2. The quantitative estimate of drug-likeness (QED) is 0.0382. The first kappa shape index (κ1) is 51.4. The Morgan fingerprint density at radius 1 is 0.434 bits per heavy atom. The molecule has 0 aliphatic heterocycles. The number of esters is 2. The molecule has 312 valence electrons. The van der Waals surface area contributed by atoms with Gasteiger partial charge in [-0.2, -0.15) is 0 Å². The van der Waals surface area contributed by atoms with Gasteiger partial charge in [-0.1, -0.05) is 218 Å². The monoisotopic (exact) mass is 747 g/mol. The van der Waals surface area contributed by atoms with Crippen LogP contribution in [0.5, 0.6) is 0 Å². The Morgan fingerprint density at radius 2 is 0.755 bits per heavy atom. The van der Waals surface area contributed by atoms with E-state index in [4.69, 9.17) is 9.47 Å². The van der Waals surface area contributed by atoms with Gasteiger partial charge in [0, 0.05) is 12.8 Å². The normalized spacial score (nSPS) is 12.3. The minimum absolute atomic E-state index is 0.0668. The lowest BCUT2D eigenvalue weighted by Crippen LogP contribution is -2.28. The lowest BCUT2D eigenvalue weighted by molar-refractivity contribution is -0.161. The highest BCUT2D eigenvalue weighted by atomic mass is 16.6. The van der Waals surface area contributed by atoms with Crippen molar-refractivity contribution in [3.05, 3.63) is 24.3 Å². The summed E-state index contributed by atoms with van der Waals surface area (Å²) in [5.74, 6) is -0.594. The maximum Gasteiger partial charge on any atom is 0.306 e. The van der Waals surface area contributed by atoms with Crippen LogP contribution in [-0.4, -0.2) is 36.4 Å². The van der Waals surface area contributed by atoms with Crippen molar-refractivity contribution in [1.82, 2.24) is 0 Å². The number of rotatable bonds is 43.